The lowest BCUT2D eigenvalue weighted by molar-refractivity contribution is 1.31. The van der Waals surface area contributed by atoms with E-state index in [1.807, 2.05) is 6.07 Å². The number of hydrogen-bond acceptors (Lipinski definition) is 4. The van der Waals surface area contributed by atoms with Gasteiger partial charge in [-0.3, -0.25) is 9.97 Å². The monoisotopic (exact) mass is 198 g/mol. The Morgan fingerprint density at radius 3 is 1.67 bits per heavy atom. The quantitative estimate of drug-likeness (QED) is 0.697. The van der Waals surface area contributed by atoms with Crippen LogP contribution in [0.3, 0.4) is 0 Å². The number of nitrogen functional groups attached to an aromatic ring is 1. The van der Waals surface area contributed by atoms with E-state index >= 15 is 0 Å². The third-order valence-corrected chi connectivity index (χ3v) is 1.52. The molecule has 4 nitrogen and oxygen atoms in total. The van der Waals surface area contributed by atoms with Gasteiger partial charge in [-0.25, -0.2) is 0 Å². The Hall–Kier alpha value is -2.41. The van der Waals surface area contributed by atoms with Gasteiger partial charge in [-0.05, 0) is 24.3 Å². The topological polar surface area (TPSA) is 75.6 Å². The van der Waals surface area contributed by atoms with Gasteiger partial charge in [0.25, 0.3) is 0 Å². The summed E-state index contributed by atoms with van der Waals surface area (Å²) in [4.78, 5) is 7.51. The van der Waals surface area contributed by atoms with Gasteiger partial charge in [-0.2, -0.15) is 5.26 Å². The molecule has 0 saturated heterocycles. The van der Waals surface area contributed by atoms with Gasteiger partial charge in [-0.1, -0.05) is 0 Å². The zero-order valence-electron chi connectivity index (χ0n) is 8.04. The van der Waals surface area contributed by atoms with Gasteiger partial charge in [0.15, 0.2) is 0 Å². The Kier molecular flexibility index (Phi) is 4.34. The average Bonchev–Trinajstić information content (AvgIpc) is 2.32. The van der Waals surface area contributed by atoms with Crippen LogP contribution in [0.1, 0.15) is 5.56 Å². The summed E-state index contributed by atoms with van der Waals surface area (Å²) >= 11 is 0. The number of nitrogens with zero attached hydrogens (tertiary/aromatic N) is 3. The van der Waals surface area contributed by atoms with Crippen LogP contribution in [0.15, 0.2) is 49.1 Å². The minimum atomic E-state index is 0.653. The molecule has 4 heteroatoms. The van der Waals surface area contributed by atoms with Gasteiger partial charge >= 0.3 is 0 Å². The van der Waals surface area contributed by atoms with Crippen LogP contribution in [-0.4, -0.2) is 9.97 Å². The van der Waals surface area contributed by atoms with Crippen molar-refractivity contribution in [2.75, 3.05) is 5.73 Å². The van der Waals surface area contributed by atoms with E-state index < -0.39 is 0 Å². The normalized spacial score (nSPS) is 8.20. The maximum Gasteiger partial charge on any atom is 0.0992 e. The Bertz CT molecular complexity index is 419. The molecule has 0 aromatic carbocycles. The van der Waals surface area contributed by atoms with E-state index in [9.17, 15) is 0 Å². The fraction of sp³-hybridized carbons (Fsp3) is 0. The zero-order valence-corrected chi connectivity index (χ0v) is 8.04. The molecule has 2 N–H and O–H groups in total. The average molecular weight is 198 g/mol. The number of nitriles is 1. The predicted octanol–water partition coefficient (Wildman–Crippen LogP) is 1.62. The maximum absolute atomic E-state index is 8.26. The third-order valence-electron chi connectivity index (χ3n) is 1.52. The lowest BCUT2D eigenvalue weighted by Crippen LogP contribution is -1.81. The fourth-order valence-corrected chi connectivity index (χ4v) is 0.790. The van der Waals surface area contributed by atoms with Crippen molar-refractivity contribution >= 4 is 5.69 Å². The smallest absolute Gasteiger partial charge is 0.0992 e. The number of pyridine rings is 2. The summed E-state index contributed by atoms with van der Waals surface area (Å²) in [5, 5.41) is 8.26. The summed E-state index contributed by atoms with van der Waals surface area (Å²) in [6.07, 6.45) is 6.52. The van der Waals surface area contributed by atoms with Crippen molar-refractivity contribution in [3.8, 4) is 6.07 Å². The lowest BCUT2D eigenvalue weighted by Gasteiger charge is -1.83. The van der Waals surface area contributed by atoms with Crippen LogP contribution in [0.25, 0.3) is 0 Å². The Labute approximate surface area is 88.0 Å². The maximum atomic E-state index is 8.26. The third kappa shape index (κ3) is 4.39. The van der Waals surface area contributed by atoms with E-state index in [0.29, 0.717) is 5.56 Å². The number of nitrogens with two attached hydrogens (primary N) is 1. The molecule has 0 saturated carbocycles. The number of aromatic nitrogens is 2. The van der Waals surface area contributed by atoms with Crippen molar-refractivity contribution < 1.29 is 0 Å². The van der Waals surface area contributed by atoms with Crippen LogP contribution in [0.5, 0.6) is 0 Å². The molecule has 0 bridgehead atoms. The van der Waals surface area contributed by atoms with E-state index in [2.05, 4.69) is 9.97 Å². The van der Waals surface area contributed by atoms with Crippen LogP contribution in [0.2, 0.25) is 0 Å². The Morgan fingerprint density at radius 1 is 0.933 bits per heavy atom. The predicted molar refractivity (Wildman–Crippen MR) is 57.6 cm³/mol. The molecule has 0 fully saturated rings. The van der Waals surface area contributed by atoms with E-state index in [1.165, 1.54) is 0 Å². The second kappa shape index (κ2) is 6.11. The SMILES string of the molecule is N#Cc1ccncc1.Nc1ccncc1. The van der Waals surface area contributed by atoms with E-state index in [4.69, 9.17) is 11.0 Å². The summed E-state index contributed by atoms with van der Waals surface area (Å²) in [7, 11) is 0. The molecule has 15 heavy (non-hydrogen) atoms. The molecule has 74 valence electrons. The van der Waals surface area contributed by atoms with Gasteiger partial charge < -0.3 is 5.73 Å². The molecule has 0 aliphatic heterocycles. The van der Waals surface area contributed by atoms with Crippen molar-refractivity contribution in [3.63, 3.8) is 0 Å². The van der Waals surface area contributed by atoms with Gasteiger partial charge in [0, 0.05) is 30.5 Å². The molecule has 0 atom stereocenters. The van der Waals surface area contributed by atoms with Crippen LogP contribution in [-0.2, 0) is 0 Å². The molecule has 2 aromatic heterocycles. The number of hydrogen-bond donors (Lipinski definition) is 1. The van der Waals surface area contributed by atoms with E-state index in [-0.39, 0.29) is 0 Å². The first-order valence-corrected chi connectivity index (χ1v) is 4.28. The summed E-state index contributed by atoms with van der Waals surface area (Å²) in [5.41, 5.74) is 6.73. The molecule has 2 heterocycles. The second-order valence-electron chi connectivity index (χ2n) is 2.63. The minimum Gasteiger partial charge on any atom is -0.399 e. The van der Waals surface area contributed by atoms with Crippen molar-refractivity contribution in [2.45, 2.75) is 0 Å². The summed E-state index contributed by atoms with van der Waals surface area (Å²) < 4.78 is 0. The highest BCUT2D eigenvalue weighted by Crippen LogP contribution is 1.92. The van der Waals surface area contributed by atoms with Gasteiger partial charge in [0.1, 0.15) is 0 Å². The van der Waals surface area contributed by atoms with Crippen LogP contribution < -0.4 is 5.73 Å². The first-order valence-electron chi connectivity index (χ1n) is 4.28. The standard InChI is InChI=1S/C6H4N2.C5H6N2/c7-5-6-1-3-8-4-2-6;6-5-1-3-7-4-2-5/h1-4H;1-4H,(H2,6,7). The van der Waals surface area contributed by atoms with Crippen molar-refractivity contribution in [2.24, 2.45) is 0 Å². The summed E-state index contributed by atoms with van der Waals surface area (Å²) in [5.74, 6) is 0. The molecule has 0 unspecified atom stereocenters. The highest BCUT2D eigenvalue weighted by Gasteiger charge is 1.80. The summed E-state index contributed by atoms with van der Waals surface area (Å²) in [6.45, 7) is 0. The molecule has 0 radical (unpaired) electrons. The van der Waals surface area contributed by atoms with Crippen molar-refractivity contribution in [1.29, 1.82) is 5.26 Å². The summed E-state index contributed by atoms with van der Waals surface area (Å²) in [6, 6.07) is 8.82. The van der Waals surface area contributed by atoms with E-state index in [1.54, 1.807) is 49.1 Å². The van der Waals surface area contributed by atoms with Crippen LogP contribution in [0, 0.1) is 11.3 Å². The van der Waals surface area contributed by atoms with Gasteiger partial charge in [0.05, 0.1) is 11.6 Å². The molecule has 0 spiro atoms. The fourth-order valence-electron chi connectivity index (χ4n) is 0.790. The highest BCUT2D eigenvalue weighted by atomic mass is 14.6. The first-order chi connectivity index (χ1) is 7.33. The molecule has 0 amide bonds. The minimum absolute atomic E-state index is 0.653. The zero-order chi connectivity index (χ0) is 10.9. The van der Waals surface area contributed by atoms with Crippen molar-refractivity contribution in [3.05, 3.63) is 54.6 Å². The Balaban J connectivity index is 0.000000151. The van der Waals surface area contributed by atoms with Gasteiger partial charge in [-0.15, -0.1) is 0 Å². The second-order valence-corrected chi connectivity index (χ2v) is 2.63. The highest BCUT2D eigenvalue weighted by molar-refractivity contribution is 5.33. The number of anilines is 1. The van der Waals surface area contributed by atoms with Crippen LogP contribution in [0.4, 0.5) is 5.69 Å². The van der Waals surface area contributed by atoms with Gasteiger partial charge in [0.2, 0.25) is 0 Å². The van der Waals surface area contributed by atoms with E-state index in [0.717, 1.165) is 5.69 Å². The van der Waals surface area contributed by atoms with Crippen LogP contribution >= 0.6 is 0 Å². The molecule has 0 aliphatic rings. The largest absolute Gasteiger partial charge is 0.399 e. The Morgan fingerprint density at radius 2 is 1.40 bits per heavy atom. The lowest BCUT2D eigenvalue weighted by atomic mass is 10.3. The first kappa shape index (κ1) is 10.7. The van der Waals surface area contributed by atoms with Crippen molar-refractivity contribution in [1.82, 2.24) is 9.97 Å². The molecule has 2 rings (SSSR count). The molecular weight excluding hydrogens is 188 g/mol. The molecular formula is C11H10N4. The molecule has 0 aliphatic carbocycles. The number of rotatable bonds is 0. The molecule has 2 aromatic rings.